The van der Waals surface area contributed by atoms with Crippen molar-refractivity contribution in [2.24, 2.45) is 0 Å². The van der Waals surface area contributed by atoms with Gasteiger partial charge in [-0.05, 0) is 47.5 Å². The Kier molecular flexibility index (Phi) is 4.44. The third-order valence-electron chi connectivity index (χ3n) is 2.83. The minimum absolute atomic E-state index is 0.194. The Labute approximate surface area is 125 Å². The number of aromatic nitrogens is 2. The van der Waals surface area contributed by atoms with Crippen LogP contribution in [-0.2, 0) is 0 Å². The first-order valence-corrected chi connectivity index (χ1v) is 7.04. The van der Waals surface area contributed by atoms with Crippen LogP contribution in [0, 0.1) is 6.92 Å². The third-order valence-corrected chi connectivity index (χ3v) is 3.45. The van der Waals surface area contributed by atoms with Crippen molar-refractivity contribution in [3.63, 3.8) is 0 Å². The number of carboxylic acids is 1. The van der Waals surface area contributed by atoms with Crippen LogP contribution in [0.15, 0.2) is 22.7 Å². The number of hydrogen-bond acceptors (Lipinski definition) is 3. The maximum atomic E-state index is 11.3. The maximum Gasteiger partial charge on any atom is 0.339 e. The molecule has 0 aliphatic heterocycles. The van der Waals surface area contributed by atoms with Gasteiger partial charge in [0.1, 0.15) is 17.0 Å². The maximum absolute atomic E-state index is 11.3. The fourth-order valence-electron chi connectivity index (χ4n) is 1.88. The molecule has 6 heteroatoms. The highest BCUT2D eigenvalue weighted by atomic mass is 79.9. The molecule has 2 rings (SSSR count). The Morgan fingerprint density at radius 2 is 2.25 bits per heavy atom. The molecule has 0 aliphatic rings. The summed E-state index contributed by atoms with van der Waals surface area (Å²) in [5.74, 6) is -0.256. The van der Waals surface area contributed by atoms with Crippen molar-refractivity contribution in [2.75, 3.05) is 6.61 Å². The Morgan fingerprint density at radius 1 is 1.50 bits per heavy atom. The van der Waals surface area contributed by atoms with Crippen LogP contribution in [0.5, 0.6) is 5.75 Å². The van der Waals surface area contributed by atoms with Crippen LogP contribution in [0.1, 0.15) is 29.4 Å². The minimum Gasteiger partial charge on any atom is -0.492 e. The zero-order valence-corrected chi connectivity index (χ0v) is 12.8. The minimum atomic E-state index is -0.992. The molecule has 0 fully saturated rings. The van der Waals surface area contributed by atoms with E-state index in [0.29, 0.717) is 18.0 Å². The second kappa shape index (κ2) is 6.09. The molecule has 106 valence electrons. The third kappa shape index (κ3) is 2.85. The fraction of sp³-hybridized carbons (Fsp3) is 0.286. The Morgan fingerprint density at radius 3 is 2.85 bits per heavy atom. The van der Waals surface area contributed by atoms with E-state index in [2.05, 4.69) is 26.1 Å². The van der Waals surface area contributed by atoms with E-state index < -0.39 is 5.97 Å². The van der Waals surface area contributed by atoms with Crippen molar-refractivity contribution in [3.05, 3.63) is 33.9 Å². The molecule has 0 bridgehead atoms. The van der Waals surface area contributed by atoms with Crippen molar-refractivity contribution in [1.29, 1.82) is 0 Å². The lowest BCUT2D eigenvalue weighted by Crippen LogP contribution is -2.00. The largest absolute Gasteiger partial charge is 0.492 e. The molecule has 0 aliphatic carbocycles. The topological polar surface area (TPSA) is 75.2 Å². The molecule has 1 heterocycles. The van der Waals surface area contributed by atoms with Gasteiger partial charge in [0.15, 0.2) is 0 Å². The van der Waals surface area contributed by atoms with Gasteiger partial charge in [-0.15, -0.1) is 0 Å². The SMILES string of the molecule is CCCOc1ccc(-c2n[nH]c(C)c2C(=O)O)cc1Br. The molecule has 5 nitrogen and oxygen atoms in total. The number of rotatable bonds is 5. The van der Waals surface area contributed by atoms with E-state index >= 15 is 0 Å². The number of aromatic carboxylic acids is 1. The zero-order valence-electron chi connectivity index (χ0n) is 11.2. The molecule has 1 aromatic carbocycles. The first-order valence-electron chi connectivity index (χ1n) is 6.25. The number of benzene rings is 1. The average molecular weight is 339 g/mol. The summed E-state index contributed by atoms with van der Waals surface area (Å²) < 4.78 is 6.35. The lowest BCUT2D eigenvalue weighted by molar-refractivity contribution is 0.0697. The highest BCUT2D eigenvalue weighted by Gasteiger charge is 2.19. The summed E-state index contributed by atoms with van der Waals surface area (Å²) in [4.78, 5) is 11.3. The number of nitrogens with one attached hydrogen (secondary N) is 1. The number of nitrogens with zero attached hydrogens (tertiary/aromatic N) is 1. The highest BCUT2D eigenvalue weighted by Crippen LogP contribution is 2.32. The molecule has 0 radical (unpaired) electrons. The van der Waals surface area contributed by atoms with Crippen LogP contribution in [-0.4, -0.2) is 27.9 Å². The van der Waals surface area contributed by atoms with Crippen LogP contribution in [0.2, 0.25) is 0 Å². The van der Waals surface area contributed by atoms with Crippen molar-refractivity contribution in [2.45, 2.75) is 20.3 Å². The Hall–Kier alpha value is -1.82. The molecule has 0 amide bonds. The predicted molar refractivity (Wildman–Crippen MR) is 79.2 cm³/mol. The molecular formula is C14H15BrN2O3. The van der Waals surface area contributed by atoms with Crippen molar-refractivity contribution < 1.29 is 14.6 Å². The Balaban J connectivity index is 2.39. The predicted octanol–water partition coefficient (Wildman–Crippen LogP) is 3.63. The second-order valence-corrected chi connectivity index (χ2v) is 5.23. The summed E-state index contributed by atoms with van der Waals surface area (Å²) >= 11 is 3.43. The van der Waals surface area contributed by atoms with Crippen LogP contribution in [0.25, 0.3) is 11.3 Å². The van der Waals surface area contributed by atoms with E-state index in [1.807, 2.05) is 19.1 Å². The van der Waals surface area contributed by atoms with Crippen LogP contribution in [0.3, 0.4) is 0 Å². The number of carboxylic acid groups (broad SMARTS) is 1. The van der Waals surface area contributed by atoms with Gasteiger partial charge in [-0.2, -0.15) is 5.10 Å². The van der Waals surface area contributed by atoms with Gasteiger partial charge in [0.25, 0.3) is 0 Å². The molecule has 2 N–H and O–H groups in total. The van der Waals surface area contributed by atoms with Gasteiger partial charge in [0.2, 0.25) is 0 Å². The summed E-state index contributed by atoms with van der Waals surface area (Å²) in [6.07, 6.45) is 0.927. The summed E-state index contributed by atoms with van der Waals surface area (Å²) in [6.45, 7) is 4.36. The van der Waals surface area contributed by atoms with Gasteiger partial charge in [0, 0.05) is 11.3 Å². The molecule has 2 aromatic rings. The van der Waals surface area contributed by atoms with E-state index in [4.69, 9.17) is 4.74 Å². The van der Waals surface area contributed by atoms with Crippen LogP contribution < -0.4 is 4.74 Å². The van der Waals surface area contributed by atoms with Gasteiger partial charge in [-0.25, -0.2) is 4.79 Å². The Bertz CT molecular complexity index is 637. The number of ether oxygens (including phenoxy) is 1. The number of halogens is 1. The van der Waals surface area contributed by atoms with E-state index in [-0.39, 0.29) is 5.56 Å². The number of H-pyrrole nitrogens is 1. The molecule has 1 aromatic heterocycles. The molecule has 0 saturated heterocycles. The normalized spacial score (nSPS) is 10.6. The lowest BCUT2D eigenvalue weighted by Gasteiger charge is -2.08. The van der Waals surface area contributed by atoms with E-state index in [0.717, 1.165) is 22.2 Å². The molecule has 0 unspecified atom stereocenters. The van der Waals surface area contributed by atoms with E-state index in [9.17, 15) is 9.90 Å². The number of hydrogen-bond donors (Lipinski definition) is 2. The molecular weight excluding hydrogens is 324 g/mol. The van der Waals surface area contributed by atoms with Crippen molar-refractivity contribution >= 4 is 21.9 Å². The summed E-state index contributed by atoms with van der Waals surface area (Å²) in [6, 6.07) is 5.43. The molecule has 0 atom stereocenters. The standard InChI is InChI=1S/C14H15BrN2O3/c1-3-6-20-11-5-4-9(7-10(11)15)13-12(14(18)19)8(2)16-17-13/h4-5,7H,3,6H2,1-2H3,(H,16,17)(H,18,19). The number of aryl methyl sites for hydroxylation is 1. The second-order valence-electron chi connectivity index (χ2n) is 4.37. The van der Waals surface area contributed by atoms with Crippen LogP contribution in [0.4, 0.5) is 0 Å². The first kappa shape index (κ1) is 14.6. The quantitative estimate of drug-likeness (QED) is 0.872. The first-order chi connectivity index (χ1) is 9.54. The number of carbonyl (C=O) groups is 1. The van der Waals surface area contributed by atoms with Gasteiger partial charge >= 0.3 is 5.97 Å². The summed E-state index contributed by atoms with van der Waals surface area (Å²) in [5, 5.41) is 16.0. The van der Waals surface area contributed by atoms with E-state index in [1.165, 1.54) is 0 Å². The van der Waals surface area contributed by atoms with Crippen LogP contribution >= 0.6 is 15.9 Å². The molecule has 0 saturated carbocycles. The summed E-state index contributed by atoms with van der Waals surface area (Å²) in [7, 11) is 0. The van der Waals surface area contributed by atoms with Crippen molar-refractivity contribution in [1.82, 2.24) is 10.2 Å². The van der Waals surface area contributed by atoms with Gasteiger partial charge in [-0.1, -0.05) is 6.92 Å². The molecule has 0 spiro atoms. The average Bonchev–Trinajstić information content (AvgIpc) is 2.79. The van der Waals surface area contributed by atoms with E-state index in [1.54, 1.807) is 13.0 Å². The zero-order chi connectivity index (χ0) is 14.7. The summed E-state index contributed by atoms with van der Waals surface area (Å²) in [5.41, 5.74) is 1.88. The van der Waals surface area contributed by atoms with Crippen molar-refractivity contribution in [3.8, 4) is 17.0 Å². The van der Waals surface area contributed by atoms with Gasteiger partial charge in [-0.3, -0.25) is 5.10 Å². The fourth-order valence-corrected chi connectivity index (χ4v) is 2.37. The monoisotopic (exact) mass is 338 g/mol. The van der Waals surface area contributed by atoms with Gasteiger partial charge < -0.3 is 9.84 Å². The van der Waals surface area contributed by atoms with Gasteiger partial charge in [0.05, 0.1) is 11.1 Å². The smallest absolute Gasteiger partial charge is 0.339 e. The molecule has 20 heavy (non-hydrogen) atoms. The highest BCUT2D eigenvalue weighted by molar-refractivity contribution is 9.10. The number of aromatic amines is 1. The lowest BCUT2D eigenvalue weighted by atomic mass is 10.1.